The lowest BCUT2D eigenvalue weighted by molar-refractivity contribution is -0.0200. The van der Waals surface area contributed by atoms with E-state index in [4.69, 9.17) is 0 Å². The minimum absolute atomic E-state index is 0.0410. The van der Waals surface area contributed by atoms with Crippen LogP contribution in [0.4, 0.5) is 8.78 Å². The molecule has 0 fully saturated rings. The molecule has 0 unspecified atom stereocenters. The molecule has 0 radical (unpaired) electrons. The van der Waals surface area contributed by atoms with Crippen LogP contribution < -0.4 is 5.32 Å². The Bertz CT molecular complexity index is 439. The summed E-state index contributed by atoms with van der Waals surface area (Å²) in [5.74, 6) is -2.71. The van der Waals surface area contributed by atoms with Crippen molar-refractivity contribution in [2.24, 2.45) is 0 Å². The normalized spacial score (nSPS) is 27.1. The lowest BCUT2D eigenvalue weighted by Gasteiger charge is -2.22. The molecule has 0 aliphatic carbocycles. The number of aromatic nitrogens is 2. The molecule has 3 rings (SSSR count). The molecule has 0 amide bonds. The van der Waals surface area contributed by atoms with Crippen LogP contribution in [-0.2, 0) is 25.4 Å². The number of alkyl halides is 2. The molecular weight excluding hydrogens is 224 g/mol. The Morgan fingerprint density at radius 1 is 1.41 bits per heavy atom. The van der Waals surface area contributed by atoms with Gasteiger partial charge in [-0.2, -0.15) is 13.9 Å². The second kappa shape index (κ2) is 3.77. The summed E-state index contributed by atoms with van der Waals surface area (Å²) in [4.78, 5) is 0. The molecule has 3 heterocycles. The Labute approximate surface area is 99.2 Å². The minimum Gasteiger partial charge on any atom is -0.310 e. The second-order valence-corrected chi connectivity index (χ2v) is 5.14. The first kappa shape index (κ1) is 11.1. The van der Waals surface area contributed by atoms with Crippen molar-refractivity contribution in [1.82, 2.24) is 15.1 Å². The summed E-state index contributed by atoms with van der Waals surface area (Å²) in [6, 6.07) is 0.329. The first-order chi connectivity index (χ1) is 8.08. The zero-order valence-corrected chi connectivity index (χ0v) is 9.97. The minimum atomic E-state index is -2.71. The molecule has 0 aromatic carbocycles. The SMILES string of the molecule is C[C@@H]1Cc2nn3c(c2CN1)C(F)(F)CCCC3. The molecule has 17 heavy (non-hydrogen) atoms. The maximum absolute atomic E-state index is 14.1. The fourth-order valence-corrected chi connectivity index (χ4v) is 2.84. The number of hydrogen-bond donors (Lipinski definition) is 1. The Hall–Kier alpha value is -0.970. The zero-order chi connectivity index (χ0) is 12.0. The van der Waals surface area contributed by atoms with E-state index in [-0.39, 0.29) is 12.1 Å². The predicted octanol–water partition coefficient (Wildman–Crippen LogP) is 2.19. The number of halogens is 2. The van der Waals surface area contributed by atoms with Gasteiger partial charge in [0.05, 0.1) is 5.69 Å². The van der Waals surface area contributed by atoms with Gasteiger partial charge in [0.25, 0.3) is 5.92 Å². The zero-order valence-electron chi connectivity index (χ0n) is 9.97. The number of rotatable bonds is 0. The summed E-state index contributed by atoms with van der Waals surface area (Å²) >= 11 is 0. The van der Waals surface area contributed by atoms with Crippen LogP contribution in [-0.4, -0.2) is 15.8 Å². The van der Waals surface area contributed by atoms with E-state index in [2.05, 4.69) is 17.3 Å². The largest absolute Gasteiger partial charge is 0.310 e. The molecular formula is C12H17F2N3. The van der Waals surface area contributed by atoms with Crippen LogP contribution in [0, 0.1) is 0 Å². The highest BCUT2D eigenvalue weighted by Gasteiger charge is 2.41. The molecule has 0 saturated carbocycles. The van der Waals surface area contributed by atoms with Crippen LogP contribution in [0.3, 0.4) is 0 Å². The first-order valence-electron chi connectivity index (χ1n) is 6.28. The van der Waals surface area contributed by atoms with Gasteiger partial charge in [-0.05, 0) is 19.8 Å². The highest BCUT2D eigenvalue weighted by molar-refractivity contribution is 5.32. The molecule has 0 bridgehead atoms. The molecule has 1 N–H and O–H groups in total. The van der Waals surface area contributed by atoms with Gasteiger partial charge in [-0.1, -0.05) is 0 Å². The van der Waals surface area contributed by atoms with E-state index in [1.807, 2.05) is 0 Å². The Morgan fingerprint density at radius 2 is 2.24 bits per heavy atom. The maximum Gasteiger partial charge on any atom is 0.289 e. The lowest BCUT2D eigenvalue weighted by atomic mass is 9.98. The van der Waals surface area contributed by atoms with Crippen LogP contribution in [0.15, 0.2) is 0 Å². The average Bonchev–Trinajstić information content (AvgIpc) is 2.55. The van der Waals surface area contributed by atoms with Gasteiger partial charge in [-0.25, -0.2) is 0 Å². The van der Waals surface area contributed by atoms with Gasteiger partial charge < -0.3 is 5.32 Å². The molecule has 1 aromatic rings. The third-order valence-electron chi connectivity index (χ3n) is 3.72. The van der Waals surface area contributed by atoms with Crippen molar-refractivity contribution in [2.75, 3.05) is 0 Å². The van der Waals surface area contributed by atoms with Crippen molar-refractivity contribution < 1.29 is 8.78 Å². The van der Waals surface area contributed by atoms with Crippen LogP contribution in [0.5, 0.6) is 0 Å². The highest BCUT2D eigenvalue weighted by atomic mass is 19.3. The lowest BCUT2D eigenvalue weighted by Crippen LogP contribution is -2.33. The van der Waals surface area contributed by atoms with E-state index < -0.39 is 5.92 Å². The van der Waals surface area contributed by atoms with E-state index >= 15 is 0 Å². The molecule has 1 atom stereocenters. The summed E-state index contributed by atoms with van der Waals surface area (Å²) < 4.78 is 29.7. The third kappa shape index (κ3) is 1.76. The Morgan fingerprint density at radius 3 is 3.06 bits per heavy atom. The van der Waals surface area contributed by atoms with Crippen LogP contribution in [0.25, 0.3) is 0 Å². The number of hydrogen-bond acceptors (Lipinski definition) is 2. The van der Waals surface area contributed by atoms with E-state index in [0.29, 0.717) is 25.6 Å². The van der Waals surface area contributed by atoms with Crippen molar-refractivity contribution in [3.05, 3.63) is 17.0 Å². The van der Waals surface area contributed by atoms with E-state index in [1.54, 1.807) is 4.68 Å². The summed E-state index contributed by atoms with van der Waals surface area (Å²) in [7, 11) is 0. The van der Waals surface area contributed by atoms with Gasteiger partial charge >= 0.3 is 0 Å². The van der Waals surface area contributed by atoms with Crippen molar-refractivity contribution in [2.45, 2.75) is 57.7 Å². The smallest absolute Gasteiger partial charge is 0.289 e. The molecule has 1 aromatic heterocycles. The van der Waals surface area contributed by atoms with Gasteiger partial charge in [0, 0.05) is 37.5 Å². The van der Waals surface area contributed by atoms with Gasteiger partial charge in [0.15, 0.2) is 0 Å². The molecule has 3 nitrogen and oxygen atoms in total. The van der Waals surface area contributed by atoms with Gasteiger partial charge in [-0.3, -0.25) is 4.68 Å². The fraction of sp³-hybridized carbons (Fsp3) is 0.750. The van der Waals surface area contributed by atoms with Crippen LogP contribution >= 0.6 is 0 Å². The molecule has 0 saturated heterocycles. The average molecular weight is 241 g/mol. The quantitative estimate of drug-likeness (QED) is 0.754. The molecule has 2 aliphatic heterocycles. The van der Waals surface area contributed by atoms with Gasteiger partial charge in [-0.15, -0.1) is 0 Å². The number of nitrogens with one attached hydrogen (secondary N) is 1. The topological polar surface area (TPSA) is 29.9 Å². The van der Waals surface area contributed by atoms with Crippen molar-refractivity contribution >= 4 is 0 Å². The van der Waals surface area contributed by atoms with Gasteiger partial charge in [0.2, 0.25) is 0 Å². The molecule has 2 aliphatic rings. The van der Waals surface area contributed by atoms with Crippen molar-refractivity contribution in [3.63, 3.8) is 0 Å². The Balaban J connectivity index is 2.10. The predicted molar refractivity (Wildman–Crippen MR) is 60.0 cm³/mol. The van der Waals surface area contributed by atoms with E-state index in [1.165, 1.54) is 0 Å². The van der Waals surface area contributed by atoms with Crippen LogP contribution in [0.1, 0.15) is 43.1 Å². The van der Waals surface area contributed by atoms with Crippen LogP contribution in [0.2, 0.25) is 0 Å². The molecule has 94 valence electrons. The monoisotopic (exact) mass is 241 g/mol. The summed E-state index contributed by atoms with van der Waals surface area (Å²) in [5, 5.41) is 7.64. The maximum atomic E-state index is 14.1. The Kier molecular flexibility index (Phi) is 2.47. The fourth-order valence-electron chi connectivity index (χ4n) is 2.84. The number of fused-ring (bicyclic) bond motifs is 3. The summed E-state index contributed by atoms with van der Waals surface area (Å²) in [6.45, 7) is 3.22. The van der Waals surface area contributed by atoms with Crippen molar-refractivity contribution in [3.8, 4) is 0 Å². The van der Waals surface area contributed by atoms with Gasteiger partial charge in [0.1, 0.15) is 5.69 Å². The highest BCUT2D eigenvalue weighted by Crippen LogP contribution is 2.39. The number of nitrogens with zero attached hydrogens (tertiary/aromatic N) is 2. The molecule has 0 spiro atoms. The molecule has 5 heteroatoms. The van der Waals surface area contributed by atoms with Crippen molar-refractivity contribution in [1.29, 1.82) is 0 Å². The van der Waals surface area contributed by atoms with E-state index in [9.17, 15) is 8.78 Å². The standard InChI is InChI=1S/C12H17F2N3/c1-8-6-10-9(7-15-8)11-12(13,14)4-2-3-5-17(11)16-10/h8,15H,2-7H2,1H3/t8-/m1/s1. The summed E-state index contributed by atoms with van der Waals surface area (Å²) in [5.41, 5.74) is 1.78. The van der Waals surface area contributed by atoms with E-state index in [0.717, 1.165) is 24.1 Å². The second-order valence-electron chi connectivity index (χ2n) is 5.14. The number of aryl methyl sites for hydroxylation is 1. The summed E-state index contributed by atoms with van der Waals surface area (Å²) in [6.07, 6.45) is 2.09. The third-order valence-corrected chi connectivity index (χ3v) is 3.72. The first-order valence-corrected chi connectivity index (χ1v) is 6.28.